The van der Waals surface area contributed by atoms with Crippen LogP contribution >= 0.6 is 0 Å². The van der Waals surface area contributed by atoms with E-state index in [-0.39, 0.29) is 18.9 Å². The zero-order valence-electron chi connectivity index (χ0n) is 13.1. The molecule has 2 aliphatic heterocycles. The molecule has 0 spiro atoms. The molecular formula is C16H17N3O6. The molecule has 9 heteroatoms. The van der Waals surface area contributed by atoms with Crippen molar-refractivity contribution in [2.24, 2.45) is 5.92 Å². The minimum absolute atomic E-state index is 0.0199. The van der Waals surface area contributed by atoms with Crippen molar-refractivity contribution in [2.45, 2.75) is 18.5 Å². The average Bonchev–Trinajstić information content (AvgIpc) is 2.56. The van der Waals surface area contributed by atoms with Gasteiger partial charge in [0.05, 0.1) is 5.92 Å². The first-order valence-electron chi connectivity index (χ1n) is 7.80. The first-order valence-corrected chi connectivity index (χ1v) is 7.80. The Labute approximate surface area is 142 Å². The molecule has 4 N–H and O–H groups in total. The molecule has 9 nitrogen and oxygen atoms in total. The number of allylic oxidation sites excluding steroid dienone is 2. The van der Waals surface area contributed by atoms with Crippen LogP contribution in [0.3, 0.4) is 0 Å². The van der Waals surface area contributed by atoms with E-state index in [4.69, 9.17) is 5.11 Å². The Hall–Kier alpha value is -3.10. The Bertz CT molecular complexity index is 738. The van der Waals surface area contributed by atoms with Gasteiger partial charge in [-0.15, -0.1) is 0 Å². The van der Waals surface area contributed by atoms with Crippen LogP contribution in [0.1, 0.15) is 6.42 Å². The summed E-state index contributed by atoms with van der Waals surface area (Å²) >= 11 is 0. The van der Waals surface area contributed by atoms with Gasteiger partial charge in [0.2, 0.25) is 0 Å². The van der Waals surface area contributed by atoms with Crippen molar-refractivity contribution in [3.05, 3.63) is 35.6 Å². The molecule has 3 unspecified atom stereocenters. The van der Waals surface area contributed by atoms with Gasteiger partial charge in [-0.05, 0) is 12.5 Å². The maximum Gasteiger partial charge on any atom is 0.407 e. The van der Waals surface area contributed by atoms with Crippen molar-refractivity contribution in [1.82, 2.24) is 15.5 Å². The molecular weight excluding hydrogens is 330 g/mol. The van der Waals surface area contributed by atoms with Crippen LogP contribution in [0.15, 0.2) is 35.6 Å². The number of carboxylic acid groups (broad SMARTS) is 1. The number of aliphatic hydroxyl groups excluding tert-OH is 1. The minimum Gasteiger partial charge on any atom is -0.511 e. The van der Waals surface area contributed by atoms with Gasteiger partial charge in [-0.25, -0.2) is 4.79 Å². The zero-order valence-corrected chi connectivity index (χ0v) is 13.1. The van der Waals surface area contributed by atoms with E-state index < -0.39 is 47.2 Å². The van der Waals surface area contributed by atoms with Crippen LogP contribution < -0.4 is 10.6 Å². The quantitative estimate of drug-likeness (QED) is 0.496. The second kappa shape index (κ2) is 6.42. The van der Waals surface area contributed by atoms with Crippen LogP contribution in [-0.4, -0.2) is 64.0 Å². The lowest BCUT2D eigenvalue weighted by molar-refractivity contribution is -0.127. The number of ketones is 1. The second-order valence-corrected chi connectivity index (χ2v) is 6.06. The highest BCUT2D eigenvalue weighted by Gasteiger charge is 2.43. The van der Waals surface area contributed by atoms with Crippen molar-refractivity contribution in [3.63, 3.8) is 0 Å². The Balaban J connectivity index is 1.82. The molecule has 3 amide bonds. The smallest absolute Gasteiger partial charge is 0.407 e. The number of aliphatic hydroxyl groups is 1. The Morgan fingerprint density at radius 3 is 2.72 bits per heavy atom. The van der Waals surface area contributed by atoms with Crippen LogP contribution in [0.5, 0.6) is 0 Å². The summed E-state index contributed by atoms with van der Waals surface area (Å²) in [6, 6.07) is -1.34. The van der Waals surface area contributed by atoms with Crippen LogP contribution in [0.4, 0.5) is 4.79 Å². The lowest BCUT2D eigenvalue weighted by Crippen LogP contribution is -2.57. The third kappa shape index (κ3) is 3.12. The van der Waals surface area contributed by atoms with Gasteiger partial charge in [0.15, 0.2) is 5.78 Å². The number of hydrogen-bond donors (Lipinski definition) is 4. The monoisotopic (exact) mass is 347 g/mol. The fourth-order valence-corrected chi connectivity index (χ4v) is 3.19. The molecule has 0 aromatic heterocycles. The van der Waals surface area contributed by atoms with Gasteiger partial charge in [-0.3, -0.25) is 14.4 Å². The Morgan fingerprint density at radius 1 is 1.28 bits per heavy atom. The van der Waals surface area contributed by atoms with Crippen LogP contribution in [-0.2, 0) is 14.4 Å². The summed E-state index contributed by atoms with van der Waals surface area (Å²) in [7, 11) is 0. The molecule has 132 valence electrons. The van der Waals surface area contributed by atoms with Gasteiger partial charge >= 0.3 is 6.09 Å². The number of likely N-dealkylation sites (tertiary alicyclic amines) is 1. The number of nitrogens with one attached hydrogen (secondary N) is 2. The molecule has 1 saturated heterocycles. The SMILES string of the molecule is O=C(NC1C=CC=CC1=O)C1=C(O)C2CN(C(=O)O)CCC2NC1=O. The van der Waals surface area contributed by atoms with Gasteiger partial charge in [-0.2, -0.15) is 0 Å². The molecule has 0 bridgehead atoms. The first kappa shape index (κ1) is 16.7. The topological polar surface area (TPSA) is 136 Å². The number of carbonyl (C=O) groups excluding carboxylic acids is 3. The maximum absolute atomic E-state index is 12.4. The molecule has 25 heavy (non-hydrogen) atoms. The van der Waals surface area contributed by atoms with Crippen molar-refractivity contribution < 1.29 is 29.4 Å². The predicted molar refractivity (Wildman–Crippen MR) is 84.5 cm³/mol. The second-order valence-electron chi connectivity index (χ2n) is 6.06. The van der Waals surface area contributed by atoms with E-state index in [1.807, 2.05) is 0 Å². The van der Waals surface area contributed by atoms with Crippen molar-refractivity contribution in [1.29, 1.82) is 0 Å². The molecule has 0 radical (unpaired) electrons. The van der Waals surface area contributed by atoms with Gasteiger partial charge < -0.3 is 25.7 Å². The fourth-order valence-electron chi connectivity index (χ4n) is 3.19. The lowest BCUT2D eigenvalue weighted by atomic mass is 9.85. The van der Waals surface area contributed by atoms with Crippen molar-refractivity contribution in [3.8, 4) is 0 Å². The summed E-state index contributed by atoms with van der Waals surface area (Å²) < 4.78 is 0. The summed E-state index contributed by atoms with van der Waals surface area (Å²) in [4.78, 5) is 48.6. The molecule has 0 aromatic carbocycles. The van der Waals surface area contributed by atoms with E-state index >= 15 is 0 Å². The number of carbonyl (C=O) groups is 4. The number of nitrogens with zero attached hydrogens (tertiary/aromatic N) is 1. The number of piperidine rings is 1. The largest absolute Gasteiger partial charge is 0.511 e. The summed E-state index contributed by atoms with van der Waals surface area (Å²) in [6.45, 7) is 0.215. The molecule has 3 aliphatic rings. The third-order valence-corrected chi connectivity index (χ3v) is 4.53. The number of rotatable bonds is 2. The highest BCUT2D eigenvalue weighted by molar-refractivity contribution is 6.20. The van der Waals surface area contributed by atoms with Crippen molar-refractivity contribution >= 4 is 23.7 Å². The summed E-state index contributed by atoms with van der Waals surface area (Å²) in [6.07, 6.45) is 5.09. The number of fused-ring (bicyclic) bond motifs is 1. The van der Waals surface area contributed by atoms with E-state index in [2.05, 4.69) is 10.6 Å². The fraction of sp³-hybridized carbons (Fsp3) is 0.375. The molecule has 3 rings (SSSR count). The normalized spacial score (nSPS) is 28.5. The van der Waals surface area contributed by atoms with E-state index in [0.29, 0.717) is 6.42 Å². The predicted octanol–water partition coefficient (Wildman–Crippen LogP) is -0.523. The van der Waals surface area contributed by atoms with Gasteiger partial charge in [-0.1, -0.05) is 18.2 Å². The third-order valence-electron chi connectivity index (χ3n) is 4.53. The van der Waals surface area contributed by atoms with Crippen LogP contribution in [0.2, 0.25) is 0 Å². The Kier molecular flexibility index (Phi) is 4.30. The molecule has 3 atom stereocenters. The van der Waals surface area contributed by atoms with Gasteiger partial charge in [0.1, 0.15) is 17.4 Å². The molecule has 0 saturated carbocycles. The number of amides is 3. The molecule has 1 aliphatic carbocycles. The summed E-state index contributed by atoms with van der Waals surface area (Å²) in [5.41, 5.74) is -0.482. The van der Waals surface area contributed by atoms with E-state index in [0.717, 1.165) is 4.90 Å². The standard InChI is InChI=1S/C16H17N3O6/c20-11-4-2-1-3-10(11)18-15(23)12-13(21)8-7-19(16(24)25)6-5-9(8)17-14(12)22/h1-4,8-10,21H,5-7H2,(H,17,22)(H,18,23)(H,24,25). The highest BCUT2D eigenvalue weighted by Crippen LogP contribution is 2.29. The van der Waals surface area contributed by atoms with Gasteiger partial charge in [0, 0.05) is 19.1 Å². The van der Waals surface area contributed by atoms with E-state index in [1.54, 1.807) is 6.08 Å². The number of hydrogen-bond acceptors (Lipinski definition) is 5. The average molecular weight is 347 g/mol. The van der Waals surface area contributed by atoms with Gasteiger partial charge in [0.25, 0.3) is 11.8 Å². The molecule has 2 heterocycles. The molecule has 1 fully saturated rings. The Morgan fingerprint density at radius 2 is 2.04 bits per heavy atom. The van der Waals surface area contributed by atoms with Crippen LogP contribution in [0.25, 0.3) is 0 Å². The van der Waals surface area contributed by atoms with E-state index in [1.165, 1.54) is 18.2 Å². The van der Waals surface area contributed by atoms with E-state index in [9.17, 15) is 24.3 Å². The summed E-state index contributed by atoms with van der Waals surface area (Å²) in [5, 5.41) is 24.5. The summed E-state index contributed by atoms with van der Waals surface area (Å²) in [5.74, 6) is -3.09. The van der Waals surface area contributed by atoms with Crippen molar-refractivity contribution in [2.75, 3.05) is 13.1 Å². The van der Waals surface area contributed by atoms with Crippen LogP contribution in [0, 0.1) is 5.92 Å². The lowest BCUT2D eigenvalue weighted by Gasteiger charge is -2.40. The first-order chi connectivity index (χ1) is 11.9. The zero-order chi connectivity index (χ0) is 18.1. The molecule has 0 aromatic rings. The highest BCUT2D eigenvalue weighted by atomic mass is 16.4. The minimum atomic E-state index is -1.13. The maximum atomic E-state index is 12.4.